The normalized spacial score (nSPS) is 10.6. The molecule has 0 unspecified atom stereocenters. The number of benzene rings is 4. The molecule has 2 aliphatic rings. The van der Waals surface area contributed by atoms with Gasteiger partial charge in [-0.2, -0.15) is 0 Å². The maximum atomic E-state index is 8.56. The molecule has 0 amide bonds. The van der Waals surface area contributed by atoms with Crippen molar-refractivity contribution < 1.29 is 15.0 Å². The Bertz CT molecular complexity index is 870. The molecule has 4 aromatic carbocycles. The van der Waals surface area contributed by atoms with Crippen molar-refractivity contribution in [3.63, 3.8) is 0 Å². The summed E-state index contributed by atoms with van der Waals surface area (Å²) in [5.41, 5.74) is 11.2. The predicted octanol–water partition coefficient (Wildman–Crippen LogP) is 6.89. The lowest BCUT2D eigenvalue weighted by atomic mass is 9.81. The van der Waals surface area contributed by atoms with Crippen molar-refractivity contribution in [3.05, 3.63) is 97.1 Å². The standard InChI is InChI=1S/2C12H8.CH2O3/c2*1-2-6-10-9(5-1)11-7-3-4-8-12(10)11;2-1(3)4/h2*1-8H;(H2,2,3,4). The van der Waals surface area contributed by atoms with Gasteiger partial charge in [-0.05, 0) is 44.5 Å². The van der Waals surface area contributed by atoms with Gasteiger partial charge >= 0.3 is 6.16 Å². The molecule has 28 heavy (non-hydrogen) atoms. The summed E-state index contributed by atoms with van der Waals surface area (Å²) in [5.74, 6) is 0. The zero-order valence-corrected chi connectivity index (χ0v) is 15.0. The number of fused-ring (bicyclic) bond motifs is 8. The van der Waals surface area contributed by atoms with E-state index in [0.717, 1.165) is 0 Å². The maximum Gasteiger partial charge on any atom is 0.503 e. The van der Waals surface area contributed by atoms with Gasteiger partial charge in [0, 0.05) is 0 Å². The van der Waals surface area contributed by atoms with Crippen molar-refractivity contribution in [2.75, 3.05) is 0 Å². The summed E-state index contributed by atoms with van der Waals surface area (Å²) in [6.07, 6.45) is -1.83. The highest BCUT2D eigenvalue weighted by Gasteiger charge is 2.20. The molecule has 136 valence electrons. The topological polar surface area (TPSA) is 57.5 Å². The molecule has 0 aliphatic heterocycles. The van der Waals surface area contributed by atoms with Gasteiger partial charge in [-0.15, -0.1) is 0 Å². The fourth-order valence-electron chi connectivity index (χ4n) is 3.69. The van der Waals surface area contributed by atoms with Crippen LogP contribution in [0.1, 0.15) is 0 Å². The third-order valence-electron chi connectivity index (χ3n) is 4.87. The highest BCUT2D eigenvalue weighted by Crippen LogP contribution is 2.46. The van der Waals surface area contributed by atoms with E-state index in [1.54, 1.807) is 0 Å². The first-order valence-electron chi connectivity index (χ1n) is 8.96. The van der Waals surface area contributed by atoms with Crippen LogP contribution >= 0.6 is 0 Å². The fourth-order valence-corrected chi connectivity index (χ4v) is 3.69. The van der Waals surface area contributed by atoms with Gasteiger partial charge in [0.15, 0.2) is 0 Å². The van der Waals surface area contributed by atoms with Crippen LogP contribution in [-0.4, -0.2) is 16.4 Å². The third-order valence-corrected chi connectivity index (χ3v) is 4.87. The van der Waals surface area contributed by atoms with E-state index in [0.29, 0.717) is 0 Å². The Kier molecular flexibility index (Phi) is 4.65. The first-order valence-corrected chi connectivity index (χ1v) is 8.96. The lowest BCUT2D eigenvalue weighted by Crippen LogP contribution is -1.96. The predicted molar refractivity (Wildman–Crippen MR) is 112 cm³/mol. The number of carbonyl (C=O) groups is 1. The van der Waals surface area contributed by atoms with Crippen LogP contribution in [0, 0.1) is 0 Å². The van der Waals surface area contributed by atoms with Crippen molar-refractivity contribution in [1.29, 1.82) is 0 Å². The Labute approximate surface area is 163 Å². The Morgan fingerprint density at radius 3 is 0.607 bits per heavy atom. The lowest BCUT2D eigenvalue weighted by molar-refractivity contribution is 0.137. The maximum absolute atomic E-state index is 8.56. The van der Waals surface area contributed by atoms with Gasteiger partial charge in [0.05, 0.1) is 0 Å². The molecular weight excluding hydrogens is 348 g/mol. The van der Waals surface area contributed by atoms with Crippen LogP contribution in [0.5, 0.6) is 0 Å². The van der Waals surface area contributed by atoms with Crippen LogP contribution in [-0.2, 0) is 0 Å². The Morgan fingerprint density at radius 1 is 0.393 bits per heavy atom. The number of hydrogen-bond donors (Lipinski definition) is 2. The van der Waals surface area contributed by atoms with Crippen molar-refractivity contribution in [2.45, 2.75) is 0 Å². The lowest BCUT2D eigenvalue weighted by Gasteiger charge is -2.22. The minimum atomic E-state index is -1.83. The van der Waals surface area contributed by atoms with Crippen LogP contribution in [0.25, 0.3) is 44.5 Å². The summed E-state index contributed by atoms with van der Waals surface area (Å²) < 4.78 is 0. The SMILES string of the molecule is O=C(O)O.c1ccc2c(c1)-c1ccccc1-2.c1ccc2c(c1)-c1ccccc1-2. The Hall–Kier alpha value is -3.85. The van der Waals surface area contributed by atoms with Crippen LogP contribution in [0.4, 0.5) is 4.79 Å². The van der Waals surface area contributed by atoms with E-state index in [2.05, 4.69) is 97.1 Å². The van der Waals surface area contributed by atoms with Crippen molar-refractivity contribution >= 4 is 6.16 Å². The van der Waals surface area contributed by atoms with Crippen molar-refractivity contribution in [2.24, 2.45) is 0 Å². The first-order chi connectivity index (χ1) is 13.7. The van der Waals surface area contributed by atoms with Gasteiger partial charge < -0.3 is 10.2 Å². The van der Waals surface area contributed by atoms with Gasteiger partial charge in [-0.3, -0.25) is 0 Å². The largest absolute Gasteiger partial charge is 0.503 e. The molecule has 0 fully saturated rings. The fraction of sp³-hybridized carbons (Fsp3) is 0. The molecular formula is C25H18O3. The zero-order chi connectivity index (χ0) is 19.5. The van der Waals surface area contributed by atoms with Crippen LogP contribution in [0.15, 0.2) is 97.1 Å². The summed E-state index contributed by atoms with van der Waals surface area (Å²) in [5, 5.41) is 13.9. The summed E-state index contributed by atoms with van der Waals surface area (Å²) in [7, 11) is 0. The molecule has 3 heteroatoms. The molecule has 2 N–H and O–H groups in total. The van der Waals surface area contributed by atoms with E-state index in [-0.39, 0.29) is 0 Å². The second kappa shape index (κ2) is 7.41. The molecule has 4 aromatic rings. The summed E-state index contributed by atoms with van der Waals surface area (Å²) >= 11 is 0. The Balaban J connectivity index is 0.000000116. The summed E-state index contributed by atoms with van der Waals surface area (Å²) in [6.45, 7) is 0. The number of carboxylic acid groups (broad SMARTS) is 2. The number of rotatable bonds is 0. The summed E-state index contributed by atoms with van der Waals surface area (Å²) in [4.78, 5) is 8.56. The van der Waals surface area contributed by atoms with E-state index in [4.69, 9.17) is 15.0 Å². The molecule has 2 aliphatic carbocycles. The van der Waals surface area contributed by atoms with Crippen molar-refractivity contribution in [1.82, 2.24) is 0 Å². The quantitative estimate of drug-likeness (QED) is 0.308. The summed E-state index contributed by atoms with van der Waals surface area (Å²) in [6, 6.07) is 34.2. The Morgan fingerprint density at radius 2 is 0.500 bits per heavy atom. The van der Waals surface area contributed by atoms with E-state index >= 15 is 0 Å². The molecule has 3 nitrogen and oxygen atoms in total. The average Bonchev–Trinajstić information content (AvgIpc) is 2.70. The van der Waals surface area contributed by atoms with Crippen LogP contribution in [0.3, 0.4) is 0 Å². The first kappa shape index (κ1) is 17.6. The van der Waals surface area contributed by atoms with Gasteiger partial charge in [0.25, 0.3) is 0 Å². The van der Waals surface area contributed by atoms with Gasteiger partial charge in [-0.1, -0.05) is 97.1 Å². The van der Waals surface area contributed by atoms with E-state index in [1.807, 2.05) is 0 Å². The molecule has 0 heterocycles. The third kappa shape index (κ3) is 3.14. The average molecular weight is 366 g/mol. The molecule has 6 rings (SSSR count). The van der Waals surface area contributed by atoms with Gasteiger partial charge in [0.2, 0.25) is 0 Å². The molecule has 0 bridgehead atoms. The smallest absolute Gasteiger partial charge is 0.450 e. The zero-order valence-electron chi connectivity index (χ0n) is 15.0. The minimum absolute atomic E-state index is 1.40. The highest BCUT2D eigenvalue weighted by atomic mass is 16.6. The molecule has 0 saturated heterocycles. The molecule has 0 atom stereocenters. The van der Waals surface area contributed by atoms with Gasteiger partial charge in [-0.25, -0.2) is 4.79 Å². The minimum Gasteiger partial charge on any atom is -0.450 e. The molecule has 0 spiro atoms. The second-order valence-electron chi connectivity index (χ2n) is 6.46. The van der Waals surface area contributed by atoms with E-state index in [9.17, 15) is 0 Å². The second-order valence-corrected chi connectivity index (χ2v) is 6.46. The van der Waals surface area contributed by atoms with Crippen LogP contribution in [0.2, 0.25) is 0 Å². The van der Waals surface area contributed by atoms with Crippen LogP contribution < -0.4 is 0 Å². The molecule has 0 saturated carbocycles. The number of hydrogen-bond acceptors (Lipinski definition) is 1. The molecule has 0 aromatic heterocycles. The van der Waals surface area contributed by atoms with E-state index < -0.39 is 6.16 Å². The highest BCUT2D eigenvalue weighted by molar-refractivity contribution is 6.02. The van der Waals surface area contributed by atoms with Gasteiger partial charge in [0.1, 0.15) is 0 Å². The van der Waals surface area contributed by atoms with Crippen molar-refractivity contribution in [3.8, 4) is 44.5 Å². The monoisotopic (exact) mass is 366 g/mol. The molecule has 0 radical (unpaired) electrons. The van der Waals surface area contributed by atoms with E-state index in [1.165, 1.54) is 44.5 Å².